The molecule has 1 amide bonds. The number of halogens is 1. The second kappa shape index (κ2) is 6.55. The van der Waals surface area contributed by atoms with Gasteiger partial charge in [-0.3, -0.25) is 4.79 Å². The van der Waals surface area contributed by atoms with Gasteiger partial charge in [-0.1, -0.05) is 12.8 Å². The van der Waals surface area contributed by atoms with E-state index in [-0.39, 0.29) is 11.7 Å². The highest BCUT2D eigenvalue weighted by Crippen LogP contribution is 2.29. The number of benzene rings is 1. The summed E-state index contributed by atoms with van der Waals surface area (Å²) in [5, 5.41) is 2.82. The molecule has 0 bridgehead atoms. The van der Waals surface area contributed by atoms with E-state index in [1.54, 1.807) is 6.07 Å². The molecule has 0 saturated heterocycles. The molecule has 1 aliphatic carbocycles. The van der Waals surface area contributed by atoms with Crippen LogP contribution in [-0.2, 0) is 4.79 Å². The van der Waals surface area contributed by atoms with E-state index in [1.165, 1.54) is 25.0 Å². The number of rotatable bonds is 5. The van der Waals surface area contributed by atoms with Gasteiger partial charge >= 0.3 is 0 Å². The van der Waals surface area contributed by atoms with E-state index in [1.807, 2.05) is 6.92 Å². The van der Waals surface area contributed by atoms with Crippen LogP contribution in [0.25, 0.3) is 0 Å². The molecule has 1 N–H and O–H groups in total. The Kier molecular flexibility index (Phi) is 4.77. The van der Waals surface area contributed by atoms with Crippen molar-refractivity contribution in [1.82, 2.24) is 0 Å². The van der Waals surface area contributed by atoms with Crippen molar-refractivity contribution in [3.8, 4) is 5.75 Å². The summed E-state index contributed by atoms with van der Waals surface area (Å²) in [5.41, 5.74) is 0.547. The Hall–Kier alpha value is -1.58. The van der Waals surface area contributed by atoms with Crippen LogP contribution in [0.15, 0.2) is 18.2 Å². The second-order valence-electron chi connectivity index (χ2n) is 4.98. The summed E-state index contributed by atoms with van der Waals surface area (Å²) < 4.78 is 18.5. The highest BCUT2D eigenvalue weighted by atomic mass is 19.1. The predicted octanol–water partition coefficient (Wildman–Crippen LogP) is 3.74. The third-order valence-corrected chi connectivity index (χ3v) is 3.47. The Labute approximate surface area is 113 Å². The van der Waals surface area contributed by atoms with Gasteiger partial charge in [0.2, 0.25) is 5.91 Å². The molecule has 4 heteroatoms. The molecule has 1 aromatic carbocycles. The Morgan fingerprint density at radius 3 is 2.84 bits per heavy atom. The zero-order chi connectivity index (χ0) is 13.7. The molecule has 2 rings (SSSR count). The van der Waals surface area contributed by atoms with Crippen LogP contribution < -0.4 is 10.1 Å². The van der Waals surface area contributed by atoms with Crippen molar-refractivity contribution in [1.29, 1.82) is 0 Å². The Balaban J connectivity index is 1.98. The maximum atomic E-state index is 13.1. The number of carbonyl (C=O) groups is 1. The van der Waals surface area contributed by atoms with Crippen molar-refractivity contribution >= 4 is 11.6 Å². The van der Waals surface area contributed by atoms with Crippen LogP contribution in [0.4, 0.5) is 10.1 Å². The van der Waals surface area contributed by atoms with Gasteiger partial charge in [0.15, 0.2) is 0 Å². The minimum atomic E-state index is -0.364. The SMILES string of the molecule is CCOc1cc(F)ccc1NC(=O)CC1CCCC1. The van der Waals surface area contributed by atoms with Crippen LogP contribution in [0.5, 0.6) is 5.75 Å². The quantitative estimate of drug-likeness (QED) is 0.880. The van der Waals surface area contributed by atoms with Crippen molar-refractivity contribution in [3.05, 3.63) is 24.0 Å². The van der Waals surface area contributed by atoms with E-state index in [0.717, 1.165) is 12.8 Å². The summed E-state index contributed by atoms with van der Waals surface area (Å²) in [6, 6.07) is 4.18. The third kappa shape index (κ3) is 3.94. The Morgan fingerprint density at radius 2 is 2.16 bits per heavy atom. The molecule has 0 spiro atoms. The van der Waals surface area contributed by atoms with Gasteiger partial charge in [-0.05, 0) is 37.8 Å². The number of carbonyl (C=O) groups excluding carboxylic acids is 1. The second-order valence-corrected chi connectivity index (χ2v) is 4.98. The summed E-state index contributed by atoms with van der Waals surface area (Å²) in [4.78, 5) is 11.9. The minimum absolute atomic E-state index is 0.0144. The molecule has 1 fully saturated rings. The van der Waals surface area contributed by atoms with Gasteiger partial charge in [0.25, 0.3) is 0 Å². The lowest BCUT2D eigenvalue weighted by Gasteiger charge is -2.13. The minimum Gasteiger partial charge on any atom is -0.492 e. The first kappa shape index (κ1) is 13.8. The zero-order valence-electron chi connectivity index (χ0n) is 11.2. The molecule has 0 radical (unpaired) electrons. The molecule has 0 heterocycles. The average molecular weight is 265 g/mol. The first-order chi connectivity index (χ1) is 9.19. The fourth-order valence-electron chi connectivity index (χ4n) is 2.55. The number of anilines is 1. The summed E-state index contributed by atoms with van der Waals surface area (Å²) in [6.45, 7) is 2.27. The lowest BCUT2D eigenvalue weighted by molar-refractivity contribution is -0.117. The molecule has 1 aliphatic rings. The molecule has 0 aromatic heterocycles. The average Bonchev–Trinajstić information content (AvgIpc) is 2.86. The standard InChI is InChI=1S/C15H20FNO2/c1-2-19-14-10-12(16)7-8-13(14)17-15(18)9-11-5-3-4-6-11/h7-8,10-11H,2-6,9H2,1H3,(H,17,18). The maximum absolute atomic E-state index is 13.1. The first-order valence-electron chi connectivity index (χ1n) is 6.91. The van der Waals surface area contributed by atoms with Gasteiger partial charge in [0.05, 0.1) is 12.3 Å². The fourth-order valence-corrected chi connectivity index (χ4v) is 2.55. The Morgan fingerprint density at radius 1 is 1.42 bits per heavy atom. The van der Waals surface area contributed by atoms with Crippen molar-refractivity contribution in [2.75, 3.05) is 11.9 Å². The van der Waals surface area contributed by atoms with Crippen molar-refractivity contribution in [2.24, 2.45) is 5.92 Å². The van der Waals surface area contributed by atoms with E-state index >= 15 is 0 Å². The van der Waals surface area contributed by atoms with Crippen LogP contribution in [0.1, 0.15) is 39.0 Å². The van der Waals surface area contributed by atoms with Gasteiger partial charge in [-0.25, -0.2) is 4.39 Å². The van der Waals surface area contributed by atoms with Gasteiger partial charge in [0.1, 0.15) is 11.6 Å². The summed E-state index contributed by atoms with van der Waals surface area (Å²) in [6.07, 6.45) is 5.25. The molecule has 1 saturated carbocycles. The highest BCUT2D eigenvalue weighted by molar-refractivity contribution is 5.92. The smallest absolute Gasteiger partial charge is 0.224 e. The largest absolute Gasteiger partial charge is 0.492 e. The van der Waals surface area contributed by atoms with Gasteiger partial charge < -0.3 is 10.1 Å². The molecule has 3 nitrogen and oxygen atoms in total. The summed E-state index contributed by atoms with van der Waals surface area (Å²) >= 11 is 0. The molecule has 104 valence electrons. The van der Waals surface area contributed by atoms with E-state index in [2.05, 4.69) is 5.32 Å². The van der Waals surface area contributed by atoms with Gasteiger partial charge in [-0.15, -0.1) is 0 Å². The number of amides is 1. The molecule has 1 aromatic rings. The number of nitrogens with one attached hydrogen (secondary N) is 1. The fraction of sp³-hybridized carbons (Fsp3) is 0.533. The van der Waals surface area contributed by atoms with Crippen molar-refractivity contribution in [3.63, 3.8) is 0 Å². The van der Waals surface area contributed by atoms with Crippen LogP contribution >= 0.6 is 0 Å². The van der Waals surface area contributed by atoms with Gasteiger partial charge in [-0.2, -0.15) is 0 Å². The highest BCUT2D eigenvalue weighted by Gasteiger charge is 2.19. The zero-order valence-corrected chi connectivity index (χ0v) is 11.2. The topological polar surface area (TPSA) is 38.3 Å². The summed E-state index contributed by atoms with van der Waals surface area (Å²) in [7, 11) is 0. The monoisotopic (exact) mass is 265 g/mol. The third-order valence-electron chi connectivity index (χ3n) is 3.47. The first-order valence-corrected chi connectivity index (χ1v) is 6.91. The maximum Gasteiger partial charge on any atom is 0.224 e. The van der Waals surface area contributed by atoms with Crippen LogP contribution in [0.3, 0.4) is 0 Å². The number of hydrogen-bond acceptors (Lipinski definition) is 2. The van der Waals surface area contributed by atoms with Crippen LogP contribution in [-0.4, -0.2) is 12.5 Å². The summed E-state index contributed by atoms with van der Waals surface area (Å²) in [5.74, 6) is 0.509. The Bertz CT molecular complexity index is 442. The molecule has 0 unspecified atom stereocenters. The number of hydrogen-bond donors (Lipinski definition) is 1. The molecule has 0 atom stereocenters. The van der Waals surface area contributed by atoms with E-state index in [4.69, 9.17) is 4.74 Å². The lowest BCUT2D eigenvalue weighted by atomic mass is 10.0. The van der Waals surface area contributed by atoms with E-state index in [9.17, 15) is 9.18 Å². The van der Waals surface area contributed by atoms with E-state index < -0.39 is 0 Å². The van der Waals surface area contributed by atoms with Gasteiger partial charge in [0, 0.05) is 12.5 Å². The van der Waals surface area contributed by atoms with Crippen LogP contribution in [0, 0.1) is 11.7 Å². The molecule has 0 aliphatic heterocycles. The molecular weight excluding hydrogens is 245 g/mol. The van der Waals surface area contributed by atoms with E-state index in [0.29, 0.717) is 30.4 Å². The lowest BCUT2D eigenvalue weighted by Crippen LogP contribution is -2.16. The predicted molar refractivity (Wildman–Crippen MR) is 72.8 cm³/mol. The molecular formula is C15H20FNO2. The number of ether oxygens (including phenoxy) is 1. The van der Waals surface area contributed by atoms with Crippen molar-refractivity contribution in [2.45, 2.75) is 39.0 Å². The van der Waals surface area contributed by atoms with Crippen molar-refractivity contribution < 1.29 is 13.9 Å². The van der Waals surface area contributed by atoms with Crippen LogP contribution in [0.2, 0.25) is 0 Å². The normalized spacial score (nSPS) is 15.5. The molecule has 19 heavy (non-hydrogen) atoms.